The molecule has 46 heavy (non-hydrogen) atoms. The number of allylic oxidation sites excluding steroid dienone is 8. The van der Waals surface area contributed by atoms with Crippen molar-refractivity contribution in [3.8, 4) is 11.8 Å². The molecule has 0 amide bonds. The first-order valence-corrected chi connectivity index (χ1v) is 17.2. The molecule has 1 aromatic carbocycles. The Balaban J connectivity index is 1.51. The van der Waals surface area contributed by atoms with E-state index in [2.05, 4.69) is 54.8 Å². The van der Waals surface area contributed by atoms with Crippen LogP contribution in [0, 0.1) is 29.1 Å². The third-order valence-electron chi connectivity index (χ3n) is 10.7. The van der Waals surface area contributed by atoms with Crippen LogP contribution in [0.3, 0.4) is 0 Å². The summed E-state index contributed by atoms with van der Waals surface area (Å²) in [5, 5.41) is 33.9. The summed E-state index contributed by atoms with van der Waals surface area (Å²) in [6.45, 7) is 8.64. The van der Waals surface area contributed by atoms with E-state index in [0.717, 1.165) is 61.5 Å². The fraction of sp³-hybridized carbons (Fsp3) is 0.537. The van der Waals surface area contributed by atoms with Gasteiger partial charge in [0.15, 0.2) is 0 Å². The highest BCUT2D eigenvalue weighted by molar-refractivity contribution is 5.74. The van der Waals surface area contributed by atoms with Gasteiger partial charge in [-0.2, -0.15) is 0 Å². The van der Waals surface area contributed by atoms with Crippen molar-refractivity contribution >= 4 is 6.29 Å². The number of aliphatic hydroxyl groups excluding tert-OH is 2. The Morgan fingerprint density at radius 3 is 2.70 bits per heavy atom. The maximum absolute atomic E-state index is 12.2. The summed E-state index contributed by atoms with van der Waals surface area (Å²) in [4.78, 5) is 11.9. The van der Waals surface area contributed by atoms with Crippen LogP contribution in [0.2, 0.25) is 0 Å². The molecule has 248 valence electrons. The van der Waals surface area contributed by atoms with E-state index in [1.54, 1.807) is 0 Å². The van der Waals surface area contributed by atoms with Gasteiger partial charge < -0.3 is 20.1 Å². The Morgan fingerprint density at radius 1 is 1.13 bits per heavy atom. The lowest BCUT2D eigenvalue weighted by atomic mass is 9.52. The Hall–Kier alpha value is -3.01. The molecule has 2 aliphatic carbocycles. The fourth-order valence-electron chi connectivity index (χ4n) is 8.17. The number of aryl methyl sites for hydroxylation is 1. The van der Waals surface area contributed by atoms with Gasteiger partial charge in [0.2, 0.25) is 0 Å². The number of benzene rings is 1. The van der Waals surface area contributed by atoms with Crippen LogP contribution in [0.4, 0.5) is 0 Å². The molecule has 1 aromatic rings. The minimum atomic E-state index is -1.11. The maximum atomic E-state index is 12.2. The first-order chi connectivity index (χ1) is 22.2. The van der Waals surface area contributed by atoms with Crippen LogP contribution in [0.15, 0.2) is 89.1 Å². The van der Waals surface area contributed by atoms with Crippen LogP contribution in [-0.4, -0.2) is 53.1 Å². The molecule has 2 saturated carbocycles. The minimum Gasteiger partial charge on any atom is -0.396 e. The van der Waals surface area contributed by atoms with Crippen molar-refractivity contribution in [2.75, 3.05) is 19.8 Å². The van der Waals surface area contributed by atoms with Gasteiger partial charge >= 0.3 is 0 Å². The van der Waals surface area contributed by atoms with Gasteiger partial charge in [-0.15, -0.1) is 0 Å². The molecule has 5 unspecified atom stereocenters. The lowest BCUT2D eigenvalue weighted by Crippen LogP contribution is -2.59. The van der Waals surface area contributed by atoms with E-state index in [0.29, 0.717) is 57.3 Å². The number of ether oxygens (including phenoxy) is 1. The number of carbonyl (C=O) groups excluding carboxylic acids is 1. The lowest BCUT2D eigenvalue weighted by molar-refractivity contribution is -0.167. The van der Waals surface area contributed by atoms with Crippen LogP contribution in [0.1, 0.15) is 90.0 Å². The molecule has 0 radical (unpaired) electrons. The summed E-state index contributed by atoms with van der Waals surface area (Å²) in [5.74, 6) is 6.14. The van der Waals surface area contributed by atoms with Crippen molar-refractivity contribution in [1.82, 2.24) is 0 Å². The monoisotopic (exact) mass is 626 g/mol. The van der Waals surface area contributed by atoms with Crippen LogP contribution < -0.4 is 0 Å². The molecule has 1 heterocycles. The van der Waals surface area contributed by atoms with Crippen LogP contribution in [-0.2, 0) is 16.0 Å². The second-order valence-electron chi connectivity index (χ2n) is 13.7. The zero-order valence-corrected chi connectivity index (χ0v) is 28.0. The zero-order valence-electron chi connectivity index (χ0n) is 28.0. The third kappa shape index (κ3) is 8.66. The van der Waals surface area contributed by atoms with Crippen LogP contribution in [0.25, 0.3) is 0 Å². The Kier molecular flexibility index (Phi) is 13.4. The van der Waals surface area contributed by atoms with E-state index in [4.69, 9.17) is 4.74 Å². The third-order valence-corrected chi connectivity index (χ3v) is 10.7. The molecule has 3 N–H and O–H groups in total. The Labute approximate surface area is 276 Å². The van der Waals surface area contributed by atoms with Crippen molar-refractivity contribution in [2.45, 2.75) is 103 Å². The molecule has 1 aliphatic heterocycles. The van der Waals surface area contributed by atoms with Crippen molar-refractivity contribution in [3.63, 3.8) is 0 Å². The fourth-order valence-corrected chi connectivity index (χ4v) is 8.17. The first kappa shape index (κ1) is 35.8. The lowest BCUT2D eigenvalue weighted by Gasteiger charge is -2.55. The Morgan fingerprint density at radius 2 is 1.93 bits per heavy atom. The van der Waals surface area contributed by atoms with Gasteiger partial charge in [-0.05, 0) is 107 Å². The van der Waals surface area contributed by atoms with Gasteiger partial charge in [0.1, 0.15) is 12.9 Å². The number of hydrogen-bond acceptors (Lipinski definition) is 5. The van der Waals surface area contributed by atoms with Gasteiger partial charge in [-0.1, -0.05) is 89.8 Å². The highest BCUT2D eigenvalue weighted by atomic mass is 16.5. The van der Waals surface area contributed by atoms with E-state index in [9.17, 15) is 20.1 Å². The van der Waals surface area contributed by atoms with Crippen LogP contribution >= 0.6 is 0 Å². The number of hydrogen-bond donors (Lipinski definition) is 3. The molecular formula is C41H54O5. The molecule has 4 rings (SSSR count). The van der Waals surface area contributed by atoms with Gasteiger partial charge in [0.25, 0.3) is 0 Å². The summed E-state index contributed by atoms with van der Waals surface area (Å²) >= 11 is 0. The van der Waals surface area contributed by atoms with Gasteiger partial charge in [-0.3, -0.25) is 4.79 Å². The van der Waals surface area contributed by atoms with E-state index in [1.165, 1.54) is 11.1 Å². The van der Waals surface area contributed by atoms with Crippen molar-refractivity contribution in [3.05, 3.63) is 94.6 Å². The first-order valence-electron chi connectivity index (χ1n) is 17.2. The van der Waals surface area contributed by atoms with Crippen molar-refractivity contribution in [1.29, 1.82) is 0 Å². The second kappa shape index (κ2) is 17.2. The number of rotatable bonds is 9. The van der Waals surface area contributed by atoms with E-state index >= 15 is 0 Å². The average molecular weight is 627 g/mol. The van der Waals surface area contributed by atoms with Crippen molar-refractivity contribution in [2.24, 2.45) is 17.3 Å². The number of carbonyl (C=O) groups is 1. The van der Waals surface area contributed by atoms with E-state index in [1.807, 2.05) is 32.1 Å². The highest BCUT2D eigenvalue weighted by Gasteiger charge is 2.63. The smallest absolute Gasteiger partial charge is 0.145 e. The maximum Gasteiger partial charge on any atom is 0.145 e. The van der Waals surface area contributed by atoms with E-state index < -0.39 is 17.1 Å². The molecule has 5 heteroatoms. The molecule has 5 atom stereocenters. The Bertz CT molecular complexity index is 1370. The molecule has 1 spiro atoms. The normalized spacial score (nSPS) is 30.5. The molecule has 3 aliphatic rings. The predicted octanol–water partition coefficient (Wildman–Crippen LogP) is 7.38. The average Bonchev–Trinajstić information content (AvgIpc) is 3.39. The quantitative estimate of drug-likeness (QED) is 0.115. The van der Waals surface area contributed by atoms with Gasteiger partial charge in [-0.25, -0.2) is 0 Å². The number of aliphatic hydroxyl groups is 3. The predicted molar refractivity (Wildman–Crippen MR) is 186 cm³/mol. The standard InChI is InChI=1S/C41H54O5/c1-31-13-9-18-34(20-11-19-33-15-5-4-6-16-33)17-7-8-28-46-30-35(21-10-14-31)37-24-26-41(39(37)44)38(22-12-27-42)36(32(2)29-43)23-25-40(41,3)45/h4-6,10,14-16,18,21,29,37-39,42,44-45H,1,9,11-13,17,19-20,22-28,30H2,2-3H3. The van der Waals surface area contributed by atoms with E-state index in [-0.39, 0.29) is 18.4 Å². The molecule has 0 bridgehead atoms. The van der Waals surface area contributed by atoms with Crippen LogP contribution in [0.5, 0.6) is 0 Å². The largest absolute Gasteiger partial charge is 0.396 e. The summed E-state index contributed by atoms with van der Waals surface area (Å²) < 4.78 is 6.10. The topological polar surface area (TPSA) is 87.0 Å². The van der Waals surface area contributed by atoms with Crippen molar-refractivity contribution < 1.29 is 24.9 Å². The molecule has 0 aromatic heterocycles. The molecule has 0 saturated heterocycles. The zero-order chi connectivity index (χ0) is 33.0. The van der Waals surface area contributed by atoms with Gasteiger partial charge in [0, 0.05) is 24.4 Å². The summed E-state index contributed by atoms with van der Waals surface area (Å²) in [6.07, 6.45) is 17.8. The van der Waals surface area contributed by atoms with Gasteiger partial charge in [0.05, 0.1) is 18.3 Å². The molecular weight excluding hydrogens is 572 g/mol. The summed E-state index contributed by atoms with van der Waals surface area (Å²) in [5.41, 5.74) is 4.50. The number of aldehydes is 1. The summed E-state index contributed by atoms with van der Waals surface area (Å²) in [7, 11) is 0. The SMILES string of the molecule is C=C1C=CC=C(C2CCC3(C(CCCO)C(=C(C)C=O)CCC3(C)O)C2O)COCC#CCC(CCCc2ccccc2)=CCC1. The second-order valence-corrected chi connectivity index (χ2v) is 13.7. The minimum absolute atomic E-state index is 0.0288. The highest BCUT2D eigenvalue weighted by Crippen LogP contribution is 2.63. The summed E-state index contributed by atoms with van der Waals surface area (Å²) in [6, 6.07) is 10.6. The molecule has 2 fully saturated rings. The molecule has 5 nitrogen and oxygen atoms in total.